The fourth-order valence-electron chi connectivity index (χ4n) is 2.75. The second kappa shape index (κ2) is 9.65. The standard InChI is InChI=1S/C21H19Cl2N3O4/c1-25(11-12-30-15-9-7-14(22)8-10-15)18-13-24-26(20(27)19(18)23)17-6-4-3-5-16(17)21(28)29-2/h3-10,13H,11-12H2,1-2H3. The van der Waals surface area contributed by atoms with Crippen molar-refractivity contribution in [3.8, 4) is 11.4 Å². The third-order valence-corrected chi connectivity index (χ3v) is 4.97. The minimum absolute atomic E-state index is 0.0151. The van der Waals surface area contributed by atoms with Crippen LogP contribution in [0.4, 0.5) is 5.69 Å². The number of nitrogens with zero attached hydrogens (tertiary/aromatic N) is 3. The normalized spacial score (nSPS) is 10.5. The molecule has 156 valence electrons. The van der Waals surface area contributed by atoms with Crippen LogP contribution in [0.2, 0.25) is 10.0 Å². The van der Waals surface area contributed by atoms with Crippen molar-refractivity contribution in [1.29, 1.82) is 0 Å². The maximum Gasteiger partial charge on any atom is 0.340 e. The number of anilines is 1. The highest BCUT2D eigenvalue weighted by atomic mass is 35.5. The molecule has 1 heterocycles. The van der Waals surface area contributed by atoms with Crippen molar-refractivity contribution in [2.24, 2.45) is 0 Å². The fourth-order valence-corrected chi connectivity index (χ4v) is 3.15. The number of carbonyl (C=O) groups excluding carboxylic acids is 1. The molecular formula is C21H19Cl2N3O4. The van der Waals surface area contributed by atoms with Crippen LogP contribution in [0.3, 0.4) is 0 Å². The molecule has 0 radical (unpaired) electrons. The van der Waals surface area contributed by atoms with Gasteiger partial charge < -0.3 is 14.4 Å². The van der Waals surface area contributed by atoms with Crippen molar-refractivity contribution in [3.63, 3.8) is 0 Å². The zero-order valence-corrected chi connectivity index (χ0v) is 17.9. The number of likely N-dealkylation sites (N-methyl/N-ethyl adjacent to an activating group) is 1. The van der Waals surface area contributed by atoms with E-state index in [9.17, 15) is 9.59 Å². The molecule has 3 rings (SSSR count). The summed E-state index contributed by atoms with van der Waals surface area (Å²) in [7, 11) is 3.05. The Kier molecular flexibility index (Phi) is 6.97. The van der Waals surface area contributed by atoms with Gasteiger partial charge in [0.25, 0.3) is 5.56 Å². The molecule has 0 aliphatic rings. The summed E-state index contributed by atoms with van der Waals surface area (Å²) < 4.78 is 11.5. The minimum atomic E-state index is -0.573. The molecule has 0 amide bonds. The predicted molar refractivity (Wildman–Crippen MR) is 116 cm³/mol. The quantitative estimate of drug-likeness (QED) is 0.512. The first-order chi connectivity index (χ1) is 14.4. The zero-order chi connectivity index (χ0) is 21.7. The summed E-state index contributed by atoms with van der Waals surface area (Å²) in [6.45, 7) is 0.828. The molecule has 7 nitrogen and oxygen atoms in total. The highest BCUT2D eigenvalue weighted by molar-refractivity contribution is 6.33. The highest BCUT2D eigenvalue weighted by Crippen LogP contribution is 2.22. The second-order valence-corrected chi connectivity index (χ2v) is 7.11. The van der Waals surface area contributed by atoms with Gasteiger partial charge in [-0.1, -0.05) is 35.3 Å². The van der Waals surface area contributed by atoms with E-state index in [1.54, 1.807) is 60.5 Å². The lowest BCUT2D eigenvalue weighted by Crippen LogP contribution is -2.29. The molecule has 3 aromatic rings. The lowest BCUT2D eigenvalue weighted by Gasteiger charge is -2.21. The molecule has 0 atom stereocenters. The average molecular weight is 448 g/mol. The van der Waals surface area contributed by atoms with Gasteiger partial charge >= 0.3 is 5.97 Å². The summed E-state index contributed by atoms with van der Waals surface area (Å²) in [6, 6.07) is 13.6. The molecule has 0 saturated carbocycles. The van der Waals surface area contributed by atoms with E-state index >= 15 is 0 Å². The van der Waals surface area contributed by atoms with E-state index in [1.165, 1.54) is 13.3 Å². The van der Waals surface area contributed by atoms with Crippen molar-refractivity contribution >= 4 is 34.9 Å². The molecule has 0 unspecified atom stereocenters. The number of halogens is 2. The van der Waals surface area contributed by atoms with Crippen LogP contribution in [0.25, 0.3) is 5.69 Å². The van der Waals surface area contributed by atoms with Gasteiger partial charge in [0.1, 0.15) is 17.4 Å². The molecule has 0 saturated heterocycles. The lowest BCUT2D eigenvalue weighted by molar-refractivity contribution is 0.0600. The van der Waals surface area contributed by atoms with Crippen LogP contribution in [-0.4, -0.2) is 43.1 Å². The van der Waals surface area contributed by atoms with E-state index in [1.807, 2.05) is 0 Å². The molecule has 1 aromatic heterocycles. The molecule has 30 heavy (non-hydrogen) atoms. The molecule has 0 bridgehead atoms. The van der Waals surface area contributed by atoms with Gasteiger partial charge in [0.2, 0.25) is 0 Å². The average Bonchev–Trinajstić information content (AvgIpc) is 2.76. The van der Waals surface area contributed by atoms with E-state index in [-0.39, 0.29) is 16.3 Å². The first kappa shape index (κ1) is 21.7. The molecular weight excluding hydrogens is 429 g/mol. The van der Waals surface area contributed by atoms with Crippen LogP contribution >= 0.6 is 23.2 Å². The summed E-state index contributed by atoms with van der Waals surface area (Å²) in [5, 5.41) is 4.81. The minimum Gasteiger partial charge on any atom is -0.492 e. The Balaban J connectivity index is 1.79. The van der Waals surface area contributed by atoms with Crippen molar-refractivity contribution in [2.75, 3.05) is 32.2 Å². The maximum atomic E-state index is 12.8. The number of carbonyl (C=O) groups is 1. The van der Waals surface area contributed by atoms with Crippen LogP contribution in [0.15, 0.2) is 59.5 Å². The molecule has 0 aliphatic carbocycles. The maximum absolute atomic E-state index is 12.8. The monoisotopic (exact) mass is 447 g/mol. The van der Waals surface area contributed by atoms with Gasteiger partial charge in [0, 0.05) is 12.1 Å². The topological polar surface area (TPSA) is 73.7 Å². The third-order valence-electron chi connectivity index (χ3n) is 4.36. The summed E-state index contributed by atoms with van der Waals surface area (Å²) >= 11 is 12.2. The Bertz CT molecular complexity index is 1100. The number of rotatable bonds is 7. The van der Waals surface area contributed by atoms with Crippen LogP contribution < -0.4 is 15.2 Å². The van der Waals surface area contributed by atoms with Gasteiger partial charge in [0.15, 0.2) is 0 Å². The number of aromatic nitrogens is 2. The molecule has 0 spiro atoms. The van der Waals surface area contributed by atoms with E-state index < -0.39 is 11.5 Å². The van der Waals surface area contributed by atoms with Crippen LogP contribution in [0.1, 0.15) is 10.4 Å². The van der Waals surface area contributed by atoms with E-state index in [2.05, 4.69) is 5.10 Å². The number of para-hydroxylation sites is 1. The van der Waals surface area contributed by atoms with Crippen LogP contribution in [0.5, 0.6) is 5.75 Å². The van der Waals surface area contributed by atoms with Gasteiger partial charge in [-0.3, -0.25) is 4.79 Å². The van der Waals surface area contributed by atoms with Gasteiger partial charge in [-0.15, -0.1) is 0 Å². The largest absolute Gasteiger partial charge is 0.492 e. The molecule has 0 N–H and O–H groups in total. The van der Waals surface area contributed by atoms with Gasteiger partial charge in [-0.25, -0.2) is 4.79 Å². The van der Waals surface area contributed by atoms with Gasteiger partial charge in [-0.2, -0.15) is 9.78 Å². The van der Waals surface area contributed by atoms with Gasteiger partial charge in [-0.05, 0) is 36.4 Å². The molecule has 9 heteroatoms. The Morgan fingerprint density at radius 2 is 1.83 bits per heavy atom. The van der Waals surface area contributed by atoms with E-state index in [4.69, 9.17) is 32.7 Å². The SMILES string of the molecule is COC(=O)c1ccccc1-n1ncc(N(C)CCOc2ccc(Cl)cc2)c(Cl)c1=O. The summed E-state index contributed by atoms with van der Waals surface area (Å²) in [4.78, 5) is 26.6. The molecule has 0 aliphatic heterocycles. The predicted octanol–water partition coefficient (Wildman–Crippen LogP) is 3.84. The third kappa shape index (κ3) is 4.75. The number of ether oxygens (including phenoxy) is 2. The van der Waals surface area contributed by atoms with Crippen molar-refractivity contribution in [1.82, 2.24) is 9.78 Å². The Morgan fingerprint density at radius 3 is 2.53 bits per heavy atom. The van der Waals surface area contributed by atoms with Crippen LogP contribution in [-0.2, 0) is 4.74 Å². The number of methoxy groups -OCH3 is 1. The Morgan fingerprint density at radius 1 is 1.13 bits per heavy atom. The Labute approximate surface area is 183 Å². The smallest absolute Gasteiger partial charge is 0.340 e. The fraction of sp³-hybridized carbons (Fsp3) is 0.190. The Hall–Kier alpha value is -3.03. The number of hydrogen-bond acceptors (Lipinski definition) is 6. The number of hydrogen-bond donors (Lipinski definition) is 0. The summed E-state index contributed by atoms with van der Waals surface area (Å²) in [5.74, 6) is 0.114. The van der Waals surface area contributed by atoms with Crippen molar-refractivity contribution in [3.05, 3.63) is 80.7 Å². The second-order valence-electron chi connectivity index (χ2n) is 6.29. The lowest BCUT2D eigenvalue weighted by atomic mass is 10.2. The van der Waals surface area contributed by atoms with Gasteiger partial charge in [0.05, 0.1) is 36.8 Å². The first-order valence-corrected chi connectivity index (χ1v) is 9.73. The van der Waals surface area contributed by atoms with Crippen molar-refractivity contribution in [2.45, 2.75) is 0 Å². The van der Waals surface area contributed by atoms with E-state index in [0.29, 0.717) is 29.6 Å². The zero-order valence-electron chi connectivity index (χ0n) is 16.3. The summed E-state index contributed by atoms with van der Waals surface area (Å²) in [5.41, 5.74) is 0.406. The molecule has 0 fully saturated rings. The molecule has 2 aromatic carbocycles. The first-order valence-electron chi connectivity index (χ1n) is 8.97. The van der Waals surface area contributed by atoms with Crippen molar-refractivity contribution < 1.29 is 14.3 Å². The van der Waals surface area contributed by atoms with E-state index in [0.717, 1.165) is 4.68 Å². The van der Waals surface area contributed by atoms with Crippen LogP contribution in [0, 0.1) is 0 Å². The summed E-state index contributed by atoms with van der Waals surface area (Å²) in [6.07, 6.45) is 1.47. The number of benzene rings is 2. The number of esters is 1. The highest BCUT2D eigenvalue weighted by Gasteiger charge is 2.18.